The molecule has 0 atom stereocenters. The number of nitrogens with two attached hydrogens (primary N) is 2. The van der Waals surface area contributed by atoms with E-state index >= 15 is 0 Å². The lowest BCUT2D eigenvalue weighted by Gasteiger charge is -2.20. The standard InChI is InChI=1S/C20H19N5O3S/c1-25(16(21)7-8-17(22)28-13-5-3-2-4-6-13)14-9-10-23-20-18(14)19(24-12-27)15(11-26)29-20/h2-12H,21-22H2,1H3,(H,24,27)/b16-7+,17-8+. The molecule has 2 heterocycles. The van der Waals surface area contributed by atoms with E-state index in [-0.39, 0.29) is 5.88 Å². The number of nitrogens with one attached hydrogen (secondary N) is 1. The molecule has 0 aliphatic rings. The first-order chi connectivity index (χ1) is 14.0. The van der Waals surface area contributed by atoms with Crippen LogP contribution in [-0.2, 0) is 4.79 Å². The van der Waals surface area contributed by atoms with Crippen LogP contribution in [-0.4, -0.2) is 24.7 Å². The summed E-state index contributed by atoms with van der Waals surface area (Å²) < 4.78 is 5.51. The third kappa shape index (κ3) is 4.36. The van der Waals surface area contributed by atoms with Gasteiger partial charge in [-0.1, -0.05) is 18.2 Å². The Labute approximate surface area is 171 Å². The molecule has 0 aliphatic heterocycles. The average molecular weight is 409 g/mol. The summed E-state index contributed by atoms with van der Waals surface area (Å²) >= 11 is 1.19. The zero-order chi connectivity index (χ0) is 20.8. The first-order valence-corrected chi connectivity index (χ1v) is 9.33. The summed E-state index contributed by atoms with van der Waals surface area (Å²) in [5.41, 5.74) is 13.2. The molecule has 2 aromatic heterocycles. The summed E-state index contributed by atoms with van der Waals surface area (Å²) in [7, 11) is 1.76. The minimum absolute atomic E-state index is 0.175. The van der Waals surface area contributed by atoms with Crippen LogP contribution < -0.4 is 26.4 Å². The number of benzene rings is 1. The second-order valence-electron chi connectivity index (χ2n) is 5.87. The van der Waals surface area contributed by atoms with Gasteiger partial charge in [-0.2, -0.15) is 0 Å². The number of hydrogen-bond acceptors (Lipinski definition) is 8. The van der Waals surface area contributed by atoms with E-state index in [2.05, 4.69) is 10.3 Å². The molecule has 0 spiro atoms. The minimum Gasteiger partial charge on any atom is -0.442 e. The fourth-order valence-corrected chi connectivity index (χ4v) is 3.61. The van der Waals surface area contributed by atoms with Crippen molar-refractivity contribution in [1.29, 1.82) is 0 Å². The number of carbonyl (C=O) groups excluding carboxylic acids is 2. The molecule has 5 N–H and O–H groups in total. The van der Waals surface area contributed by atoms with E-state index in [1.807, 2.05) is 18.2 Å². The zero-order valence-electron chi connectivity index (χ0n) is 15.5. The number of pyridine rings is 1. The largest absolute Gasteiger partial charge is 0.442 e. The monoisotopic (exact) mass is 409 g/mol. The maximum Gasteiger partial charge on any atom is 0.211 e. The summed E-state index contributed by atoms with van der Waals surface area (Å²) in [5.74, 6) is 1.16. The van der Waals surface area contributed by atoms with Gasteiger partial charge in [-0.3, -0.25) is 9.59 Å². The van der Waals surface area contributed by atoms with Gasteiger partial charge in [0.2, 0.25) is 6.41 Å². The van der Waals surface area contributed by atoms with Gasteiger partial charge in [0.25, 0.3) is 0 Å². The van der Waals surface area contributed by atoms with Gasteiger partial charge in [0.15, 0.2) is 12.2 Å². The highest BCUT2D eigenvalue weighted by atomic mass is 32.1. The van der Waals surface area contributed by atoms with Crippen LogP contribution >= 0.6 is 11.3 Å². The van der Waals surface area contributed by atoms with Crippen molar-refractivity contribution in [2.45, 2.75) is 0 Å². The van der Waals surface area contributed by atoms with Crippen LogP contribution in [0.5, 0.6) is 5.75 Å². The molecule has 0 radical (unpaired) electrons. The highest BCUT2D eigenvalue weighted by Crippen LogP contribution is 2.39. The van der Waals surface area contributed by atoms with Gasteiger partial charge in [-0.05, 0) is 24.3 Å². The molecule has 8 nitrogen and oxygen atoms in total. The van der Waals surface area contributed by atoms with Gasteiger partial charge >= 0.3 is 0 Å². The Balaban J connectivity index is 1.91. The summed E-state index contributed by atoms with van der Waals surface area (Å²) in [6, 6.07) is 10.9. The average Bonchev–Trinajstić information content (AvgIpc) is 3.10. The summed E-state index contributed by atoms with van der Waals surface area (Å²) in [5, 5.41) is 3.21. The van der Waals surface area contributed by atoms with Gasteiger partial charge in [0.05, 0.1) is 21.6 Å². The van der Waals surface area contributed by atoms with Crippen LogP contribution in [0.3, 0.4) is 0 Å². The predicted molar refractivity (Wildman–Crippen MR) is 115 cm³/mol. The lowest BCUT2D eigenvalue weighted by Crippen LogP contribution is -2.23. The minimum atomic E-state index is 0.175. The molecule has 148 valence electrons. The second kappa shape index (κ2) is 8.89. The van der Waals surface area contributed by atoms with Crippen LogP contribution in [0.4, 0.5) is 11.4 Å². The smallest absolute Gasteiger partial charge is 0.211 e. The maximum atomic E-state index is 11.4. The van der Waals surface area contributed by atoms with E-state index in [0.29, 0.717) is 50.7 Å². The molecule has 3 aromatic rings. The van der Waals surface area contributed by atoms with Crippen molar-refractivity contribution in [3.05, 3.63) is 71.3 Å². The number of aldehydes is 1. The van der Waals surface area contributed by atoms with Gasteiger partial charge in [-0.15, -0.1) is 11.3 Å². The van der Waals surface area contributed by atoms with E-state index in [1.165, 1.54) is 11.3 Å². The van der Waals surface area contributed by atoms with E-state index < -0.39 is 0 Å². The Bertz CT molecular complexity index is 1090. The summed E-state index contributed by atoms with van der Waals surface area (Å²) in [4.78, 5) is 29.3. The molecule has 0 fully saturated rings. The quantitative estimate of drug-likeness (QED) is 0.297. The molecule has 0 bridgehead atoms. The number of hydrogen-bond donors (Lipinski definition) is 3. The molecule has 0 saturated heterocycles. The van der Waals surface area contributed by atoms with Crippen LogP contribution in [0.15, 0.2) is 66.5 Å². The van der Waals surface area contributed by atoms with Crippen molar-refractivity contribution in [3.8, 4) is 5.75 Å². The lowest BCUT2D eigenvalue weighted by atomic mass is 10.2. The molecule has 9 heteroatoms. The molecule has 1 amide bonds. The van der Waals surface area contributed by atoms with Gasteiger partial charge in [0.1, 0.15) is 16.4 Å². The maximum absolute atomic E-state index is 11.4. The SMILES string of the molecule is CN(/C(N)=C/C=C(\N)Oc1ccccc1)c1ccnc2sc(C=O)c(NC=O)c12. The Hall–Kier alpha value is -3.85. The predicted octanol–water partition coefficient (Wildman–Crippen LogP) is 2.79. The highest BCUT2D eigenvalue weighted by Gasteiger charge is 2.18. The van der Waals surface area contributed by atoms with E-state index in [4.69, 9.17) is 16.2 Å². The van der Waals surface area contributed by atoms with Crippen LogP contribution in [0.25, 0.3) is 10.2 Å². The Morgan fingerprint density at radius 1 is 1.17 bits per heavy atom. The third-order valence-electron chi connectivity index (χ3n) is 4.05. The third-order valence-corrected chi connectivity index (χ3v) is 5.08. The van der Waals surface area contributed by atoms with Gasteiger partial charge in [0, 0.05) is 19.3 Å². The highest BCUT2D eigenvalue weighted by molar-refractivity contribution is 7.21. The number of aromatic nitrogens is 1. The first-order valence-electron chi connectivity index (χ1n) is 8.51. The van der Waals surface area contributed by atoms with Gasteiger partial charge in [-0.25, -0.2) is 4.98 Å². The van der Waals surface area contributed by atoms with E-state index in [1.54, 1.807) is 48.5 Å². The van der Waals surface area contributed by atoms with Crippen LogP contribution in [0.1, 0.15) is 9.67 Å². The van der Waals surface area contributed by atoms with E-state index in [0.717, 1.165) is 0 Å². The Morgan fingerprint density at radius 3 is 2.62 bits per heavy atom. The number of amides is 1. The Kier molecular flexibility index (Phi) is 6.10. The van der Waals surface area contributed by atoms with Crippen molar-refractivity contribution in [3.63, 3.8) is 0 Å². The number of nitrogens with zero attached hydrogens (tertiary/aromatic N) is 2. The van der Waals surface area contributed by atoms with Crippen molar-refractivity contribution in [2.24, 2.45) is 11.5 Å². The first kappa shape index (κ1) is 19.9. The topological polar surface area (TPSA) is 124 Å². The van der Waals surface area contributed by atoms with Crippen molar-refractivity contribution in [2.75, 3.05) is 17.3 Å². The van der Waals surface area contributed by atoms with Crippen LogP contribution in [0.2, 0.25) is 0 Å². The second-order valence-corrected chi connectivity index (χ2v) is 6.90. The number of carbonyl (C=O) groups is 2. The molecular weight excluding hydrogens is 390 g/mol. The lowest BCUT2D eigenvalue weighted by molar-refractivity contribution is -0.105. The molecule has 0 unspecified atom stereocenters. The van der Waals surface area contributed by atoms with Crippen molar-refractivity contribution in [1.82, 2.24) is 4.98 Å². The van der Waals surface area contributed by atoms with Gasteiger partial charge < -0.3 is 26.4 Å². The number of fused-ring (bicyclic) bond motifs is 1. The number of ether oxygens (including phenoxy) is 1. The number of allylic oxidation sites excluding steroid dienone is 2. The number of anilines is 2. The normalized spacial score (nSPS) is 11.9. The summed E-state index contributed by atoms with van der Waals surface area (Å²) in [6.07, 6.45) is 5.97. The summed E-state index contributed by atoms with van der Waals surface area (Å²) in [6.45, 7) is 0. The Morgan fingerprint density at radius 2 is 1.93 bits per heavy atom. The van der Waals surface area contributed by atoms with Crippen molar-refractivity contribution < 1.29 is 14.3 Å². The zero-order valence-corrected chi connectivity index (χ0v) is 16.3. The fourth-order valence-electron chi connectivity index (χ4n) is 2.67. The number of thiophene rings is 1. The molecule has 1 aromatic carbocycles. The molecule has 3 rings (SSSR count). The molecule has 0 saturated carbocycles. The molecule has 29 heavy (non-hydrogen) atoms. The van der Waals surface area contributed by atoms with Crippen molar-refractivity contribution >= 4 is 45.6 Å². The number of para-hydroxylation sites is 1. The van der Waals surface area contributed by atoms with E-state index in [9.17, 15) is 9.59 Å². The number of rotatable bonds is 8. The fraction of sp³-hybridized carbons (Fsp3) is 0.0500. The molecule has 0 aliphatic carbocycles. The van der Waals surface area contributed by atoms with Crippen LogP contribution in [0, 0.1) is 0 Å². The molecular formula is C20H19N5O3S.